The molecule has 1 atom stereocenters. The number of hydrogen-bond donors (Lipinski definition) is 1. The number of nitrogens with zero attached hydrogens (tertiary/aromatic N) is 1. The molecular weight excluding hydrogens is 337 g/mol. The summed E-state index contributed by atoms with van der Waals surface area (Å²) in [5.74, 6) is -0.677. The predicted molar refractivity (Wildman–Crippen MR) is 85.8 cm³/mol. The molecule has 1 aromatic rings. The topological polar surface area (TPSA) is 58.6 Å². The normalized spacial score (nSPS) is 17.8. The van der Waals surface area contributed by atoms with Crippen molar-refractivity contribution in [3.05, 3.63) is 29.8 Å². The maximum Gasteiger partial charge on any atom is 0.416 e. The Labute approximate surface area is 144 Å². The average molecular weight is 358 g/mol. The van der Waals surface area contributed by atoms with Crippen molar-refractivity contribution in [1.29, 1.82) is 0 Å². The van der Waals surface area contributed by atoms with E-state index in [2.05, 4.69) is 5.32 Å². The number of ether oxygens (including phenoxy) is 1. The van der Waals surface area contributed by atoms with Gasteiger partial charge in [-0.15, -0.1) is 0 Å². The summed E-state index contributed by atoms with van der Waals surface area (Å²) in [6.07, 6.45) is -3.17. The van der Waals surface area contributed by atoms with Crippen LogP contribution in [0.3, 0.4) is 0 Å². The van der Waals surface area contributed by atoms with Gasteiger partial charge in [-0.05, 0) is 57.1 Å². The fourth-order valence-electron chi connectivity index (χ4n) is 2.84. The molecule has 5 nitrogen and oxygen atoms in total. The van der Waals surface area contributed by atoms with E-state index in [1.807, 2.05) is 4.90 Å². The van der Waals surface area contributed by atoms with Crippen molar-refractivity contribution in [2.75, 3.05) is 25.5 Å². The molecule has 0 spiro atoms. The standard InChI is InChI=1S/C17H21F3N2O3/c1-11(22-9-7-12(8-10-22)16(24)25-2)15(23)21-14-5-3-13(4-6-14)17(18,19)20/h3-6,11-12H,7-10H2,1-2H3,(H,21,23)/t11-/m0/s1. The van der Waals surface area contributed by atoms with Gasteiger partial charge in [0.15, 0.2) is 0 Å². The van der Waals surface area contributed by atoms with Gasteiger partial charge in [0.05, 0.1) is 24.6 Å². The number of methoxy groups -OCH3 is 1. The minimum absolute atomic E-state index is 0.147. The summed E-state index contributed by atoms with van der Waals surface area (Å²) in [6, 6.07) is 3.89. The van der Waals surface area contributed by atoms with Crippen molar-refractivity contribution >= 4 is 17.6 Å². The fourth-order valence-corrected chi connectivity index (χ4v) is 2.84. The number of carbonyl (C=O) groups excluding carboxylic acids is 2. The Balaban J connectivity index is 1.89. The van der Waals surface area contributed by atoms with Gasteiger partial charge in [0.1, 0.15) is 0 Å². The van der Waals surface area contributed by atoms with Crippen LogP contribution >= 0.6 is 0 Å². The number of esters is 1. The zero-order valence-corrected chi connectivity index (χ0v) is 14.1. The second-order valence-electron chi connectivity index (χ2n) is 6.07. The molecule has 0 unspecified atom stereocenters. The average Bonchev–Trinajstić information content (AvgIpc) is 2.60. The van der Waals surface area contributed by atoms with Crippen LogP contribution < -0.4 is 5.32 Å². The molecule has 138 valence electrons. The molecular formula is C17H21F3N2O3. The lowest BCUT2D eigenvalue weighted by Gasteiger charge is -2.34. The van der Waals surface area contributed by atoms with Crippen LogP contribution in [0.5, 0.6) is 0 Å². The number of rotatable bonds is 4. The molecule has 0 radical (unpaired) electrons. The maximum absolute atomic E-state index is 12.5. The minimum atomic E-state index is -4.40. The molecule has 1 aliphatic rings. The molecule has 8 heteroatoms. The van der Waals surface area contributed by atoms with Gasteiger partial charge in [-0.2, -0.15) is 13.2 Å². The zero-order chi connectivity index (χ0) is 18.6. The first-order chi connectivity index (χ1) is 11.7. The molecule has 1 aromatic carbocycles. The maximum atomic E-state index is 12.5. The minimum Gasteiger partial charge on any atom is -0.469 e. The lowest BCUT2D eigenvalue weighted by molar-refractivity contribution is -0.147. The van der Waals surface area contributed by atoms with Gasteiger partial charge >= 0.3 is 12.1 Å². The van der Waals surface area contributed by atoms with Crippen molar-refractivity contribution in [1.82, 2.24) is 4.90 Å². The van der Waals surface area contributed by atoms with Crippen molar-refractivity contribution in [2.45, 2.75) is 32.0 Å². The van der Waals surface area contributed by atoms with Gasteiger partial charge in [-0.25, -0.2) is 0 Å². The van der Waals surface area contributed by atoms with Crippen molar-refractivity contribution in [2.24, 2.45) is 5.92 Å². The fraction of sp³-hybridized carbons (Fsp3) is 0.529. The number of hydrogen-bond acceptors (Lipinski definition) is 4. The highest BCUT2D eigenvalue weighted by atomic mass is 19.4. The van der Waals surface area contributed by atoms with E-state index < -0.39 is 17.8 Å². The van der Waals surface area contributed by atoms with Crippen LogP contribution in [-0.2, 0) is 20.5 Å². The number of piperidine rings is 1. The molecule has 1 fully saturated rings. The quantitative estimate of drug-likeness (QED) is 0.841. The monoisotopic (exact) mass is 358 g/mol. The summed E-state index contributed by atoms with van der Waals surface area (Å²) in [4.78, 5) is 25.8. The van der Waals surface area contributed by atoms with Crippen LogP contribution in [0, 0.1) is 5.92 Å². The summed E-state index contributed by atoms with van der Waals surface area (Å²) in [5.41, 5.74) is -0.447. The lowest BCUT2D eigenvalue weighted by Crippen LogP contribution is -2.47. The van der Waals surface area contributed by atoms with Gasteiger partial charge in [-0.1, -0.05) is 0 Å². The second kappa shape index (κ2) is 7.86. The number of halogens is 3. The van der Waals surface area contributed by atoms with E-state index >= 15 is 0 Å². The van der Waals surface area contributed by atoms with Crippen molar-refractivity contribution in [3.8, 4) is 0 Å². The Morgan fingerprint density at radius 1 is 1.20 bits per heavy atom. The molecule has 25 heavy (non-hydrogen) atoms. The Hall–Kier alpha value is -2.09. The first-order valence-electron chi connectivity index (χ1n) is 8.02. The molecule has 1 saturated heterocycles. The number of amides is 1. The third-order valence-electron chi connectivity index (χ3n) is 4.47. The molecule has 1 heterocycles. The van der Waals surface area contributed by atoms with E-state index in [1.165, 1.54) is 19.2 Å². The highest BCUT2D eigenvalue weighted by Crippen LogP contribution is 2.30. The molecule has 0 bridgehead atoms. The van der Waals surface area contributed by atoms with Gasteiger partial charge < -0.3 is 10.1 Å². The Morgan fingerprint density at radius 3 is 2.24 bits per heavy atom. The molecule has 0 aliphatic carbocycles. The van der Waals surface area contributed by atoms with Crippen LogP contribution in [-0.4, -0.2) is 43.0 Å². The predicted octanol–water partition coefficient (Wildman–Crippen LogP) is 2.92. The van der Waals surface area contributed by atoms with Gasteiger partial charge in [0, 0.05) is 5.69 Å². The molecule has 1 amide bonds. The number of benzene rings is 1. The smallest absolute Gasteiger partial charge is 0.416 e. The van der Waals surface area contributed by atoms with Crippen molar-refractivity contribution < 1.29 is 27.5 Å². The van der Waals surface area contributed by atoms with E-state index in [-0.39, 0.29) is 17.8 Å². The number of nitrogens with one attached hydrogen (secondary N) is 1. The molecule has 0 saturated carbocycles. The molecule has 1 N–H and O–H groups in total. The lowest BCUT2D eigenvalue weighted by atomic mass is 9.96. The van der Waals surface area contributed by atoms with Gasteiger partial charge in [-0.3, -0.25) is 14.5 Å². The van der Waals surface area contributed by atoms with Crippen LogP contribution in [0.15, 0.2) is 24.3 Å². The first-order valence-corrected chi connectivity index (χ1v) is 8.02. The number of anilines is 1. The third kappa shape index (κ3) is 4.94. The number of likely N-dealkylation sites (tertiary alicyclic amines) is 1. The van der Waals surface area contributed by atoms with E-state index in [0.717, 1.165) is 12.1 Å². The highest BCUT2D eigenvalue weighted by Gasteiger charge is 2.31. The SMILES string of the molecule is COC(=O)C1CCN([C@@H](C)C(=O)Nc2ccc(C(F)(F)F)cc2)CC1. The Bertz CT molecular complexity index is 609. The molecule has 1 aliphatic heterocycles. The van der Waals surface area contributed by atoms with Crippen molar-refractivity contribution in [3.63, 3.8) is 0 Å². The summed E-state index contributed by atoms with van der Waals surface area (Å²) < 4.78 is 42.3. The first kappa shape index (κ1) is 19.2. The Kier molecular flexibility index (Phi) is 6.05. The van der Waals surface area contributed by atoms with Crippen LogP contribution in [0.4, 0.5) is 18.9 Å². The van der Waals surface area contributed by atoms with Gasteiger partial charge in [0.2, 0.25) is 5.91 Å². The summed E-state index contributed by atoms with van der Waals surface area (Å²) in [6.45, 7) is 2.90. The highest BCUT2D eigenvalue weighted by molar-refractivity contribution is 5.94. The number of alkyl halides is 3. The molecule has 2 rings (SSSR count). The second-order valence-corrected chi connectivity index (χ2v) is 6.07. The largest absolute Gasteiger partial charge is 0.469 e. The van der Waals surface area contributed by atoms with E-state index in [0.29, 0.717) is 31.6 Å². The van der Waals surface area contributed by atoms with Crippen LogP contribution in [0.2, 0.25) is 0 Å². The van der Waals surface area contributed by atoms with E-state index in [9.17, 15) is 22.8 Å². The zero-order valence-electron chi connectivity index (χ0n) is 14.1. The van der Waals surface area contributed by atoms with Crippen LogP contribution in [0.25, 0.3) is 0 Å². The van der Waals surface area contributed by atoms with Gasteiger partial charge in [0.25, 0.3) is 0 Å². The van der Waals surface area contributed by atoms with E-state index in [4.69, 9.17) is 4.74 Å². The molecule has 0 aromatic heterocycles. The van der Waals surface area contributed by atoms with E-state index in [1.54, 1.807) is 6.92 Å². The summed E-state index contributed by atoms with van der Waals surface area (Å²) >= 11 is 0. The number of carbonyl (C=O) groups is 2. The van der Waals surface area contributed by atoms with Crippen LogP contribution in [0.1, 0.15) is 25.3 Å². The third-order valence-corrected chi connectivity index (χ3v) is 4.47. The summed E-state index contributed by atoms with van der Waals surface area (Å²) in [5, 5.41) is 2.62. The summed E-state index contributed by atoms with van der Waals surface area (Å²) in [7, 11) is 1.36. The Morgan fingerprint density at radius 2 is 1.76 bits per heavy atom.